The molecule has 0 saturated carbocycles. The zero-order valence-corrected chi connectivity index (χ0v) is 28.8. The third-order valence-electron chi connectivity index (χ3n) is 8.89. The van der Waals surface area contributed by atoms with Gasteiger partial charge in [-0.3, -0.25) is 4.79 Å². The molecule has 44 heavy (non-hydrogen) atoms. The number of benzene rings is 4. The van der Waals surface area contributed by atoms with Crippen molar-refractivity contribution in [3.05, 3.63) is 101 Å². The highest BCUT2D eigenvalue weighted by atomic mass is 16.3. The Balaban J connectivity index is 1.65. The van der Waals surface area contributed by atoms with Crippen molar-refractivity contribution in [2.75, 3.05) is 0 Å². The van der Waals surface area contributed by atoms with Gasteiger partial charge in [-0.15, -0.1) is 0 Å². The Hall–Kier alpha value is -3.78. The predicted molar refractivity (Wildman–Crippen MR) is 189 cm³/mol. The summed E-state index contributed by atoms with van der Waals surface area (Å²) < 4.78 is 0. The van der Waals surface area contributed by atoms with Gasteiger partial charge in [-0.1, -0.05) is 59.7 Å². The van der Waals surface area contributed by atoms with Crippen molar-refractivity contribution in [1.29, 1.82) is 0 Å². The number of hydrogen-bond donors (Lipinski definition) is 1. The smallest absolute Gasteiger partial charge is 0.291 e. The van der Waals surface area contributed by atoms with E-state index in [1.807, 2.05) is 0 Å². The molecule has 5 rings (SSSR count). The number of rotatable bonds is 2. The van der Waals surface area contributed by atoms with Crippen molar-refractivity contribution in [2.24, 2.45) is 10.8 Å². The number of carbonyl (C=O) groups is 1. The Bertz CT molecular complexity index is 1820. The number of phenolic OH excluding ortho intramolecular Hbond substituents is 1. The first-order chi connectivity index (χ1) is 20.1. The zero-order chi connectivity index (χ0) is 32.6. The molecule has 0 aliphatic heterocycles. The van der Waals surface area contributed by atoms with Gasteiger partial charge in [0.2, 0.25) is 0 Å². The second-order valence-electron chi connectivity index (χ2n) is 16.8. The largest absolute Gasteiger partial charge is 0.507 e. The number of Topliss-reactive ketones (excluding diaryl/α,β-unsaturated/α-hetero) is 1. The summed E-state index contributed by atoms with van der Waals surface area (Å²) in [5.74, 6) is 1.43. The van der Waals surface area contributed by atoms with Crippen molar-refractivity contribution in [1.82, 2.24) is 0 Å². The number of aromatic hydroxyl groups is 1. The van der Waals surface area contributed by atoms with Crippen LogP contribution in [0, 0.1) is 16.7 Å². The Morgan fingerprint density at radius 2 is 1.02 bits per heavy atom. The average Bonchev–Trinajstić information content (AvgIpc) is 2.89. The molecule has 4 aromatic carbocycles. The van der Waals surface area contributed by atoms with Gasteiger partial charge in [0.1, 0.15) is 17.2 Å². The van der Waals surface area contributed by atoms with E-state index in [2.05, 4.69) is 156 Å². The van der Waals surface area contributed by atoms with E-state index in [1.54, 1.807) is 0 Å². The van der Waals surface area contributed by atoms with E-state index >= 15 is 0 Å². The second kappa shape index (κ2) is 10.4. The van der Waals surface area contributed by atoms with Crippen LogP contribution in [0.3, 0.4) is 0 Å². The minimum absolute atomic E-state index is 0.159. The van der Waals surface area contributed by atoms with Crippen molar-refractivity contribution >= 4 is 32.9 Å². The topological polar surface area (TPSA) is 37.3 Å². The van der Waals surface area contributed by atoms with Gasteiger partial charge in [0.15, 0.2) is 0 Å². The van der Waals surface area contributed by atoms with Crippen molar-refractivity contribution < 1.29 is 9.90 Å². The first kappa shape index (κ1) is 31.6. The van der Waals surface area contributed by atoms with Crippen LogP contribution in [0.25, 0.3) is 38.2 Å². The summed E-state index contributed by atoms with van der Waals surface area (Å²) >= 11 is 0. The zero-order valence-electron chi connectivity index (χ0n) is 28.8. The molecular formula is C42H49O2+. The van der Waals surface area contributed by atoms with Gasteiger partial charge in [0, 0.05) is 27.5 Å². The lowest BCUT2D eigenvalue weighted by Gasteiger charge is -2.28. The summed E-state index contributed by atoms with van der Waals surface area (Å²) in [7, 11) is 0. The number of fused-ring (bicyclic) bond motifs is 2. The standard InChI is InChI=1S/C42H48O2/c1-39(2,3)33-21-31(22-34(37(33)43)40(4,5)6)27-15-13-25-17-26-14-16-28(19-30(26)20-29(25)18-27)32-23-35(41(7,8)9)38(44)36(24-32)42(10,11)12/h13-24H,1-12H3/p+1. The lowest BCUT2D eigenvalue weighted by molar-refractivity contribution is -0.115. The first-order valence-electron chi connectivity index (χ1n) is 15.9. The van der Waals surface area contributed by atoms with Crippen molar-refractivity contribution in [3.63, 3.8) is 0 Å². The lowest BCUT2D eigenvalue weighted by atomic mass is 9.68. The maximum absolute atomic E-state index is 13.5. The third kappa shape index (κ3) is 5.96. The molecule has 0 radical (unpaired) electrons. The molecule has 4 aromatic rings. The Morgan fingerprint density at radius 3 is 1.50 bits per heavy atom. The highest BCUT2D eigenvalue weighted by Crippen LogP contribution is 2.44. The molecule has 0 amide bonds. The van der Waals surface area contributed by atoms with Gasteiger partial charge < -0.3 is 5.11 Å². The van der Waals surface area contributed by atoms with E-state index < -0.39 is 0 Å². The van der Waals surface area contributed by atoms with Crippen LogP contribution >= 0.6 is 0 Å². The Labute approximate surface area is 264 Å². The van der Waals surface area contributed by atoms with Gasteiger partial charge in [-0.05, 0) is 128 Å². The molecule has 0 fully saturated rings. The first-order valence-corrected chi connectivity index (χ1v) is 15.9. The van der Waals surface area contributed by atoms with Gasteiger partial charge in [0.25, 0.3) is 5.78 Å². The quantitative estimate of drug-likeness (QED) is 0.188. The Morgan fingerprint density at radius 1 is 0.545 bits per heavy atom. The second-order valence-corrected chi connectivity index (χ2v) is 16.8. The number of allylic oxidation sites excluding steroid dienone is 4. The number of hydrogen-bond acceptors (Lipinski definition) is 2. The fourth-order valence-corrected chi connectivity index (χ4v) is 6.21. The normalized spacial score (nSPS) is 15.2. The maximum atomic E-state index is 13.5. The predicted octanol–water partition coefficient (Wildman–Crippen LogP) is 11.5. The molecule has 2 nitrogen and oxygen atoms in total. The lowest BCUT2D eigenvalue weighted by Crippen LogP contribution is -2.32. The van der Waals surface area contributed by atoms with E-state index in [0.717, 1.165) is 44.9 Å². The SMILES string of the molecule is CC(C)(C)C1=CC(c2ccc3cc4ccc(-c5cc(C(C)(C)C)c(O)c(C(C)(C)C)c5)cc4cc3c2)=C[C+](C(C)(C)C)C1=O. The Kier molecular flexibility index (Phi) is 7.48. The summed E-state index contributed by atoms with van der Waals surface area (Å²) in [6.45, 7) is 25.6. The molecule has 0 saturated heterocycles. The van der Waals surface area contributed by atoms with Crippen LogP contribution in [0.1, 0.15) is 99.8 Å². The molecule has 0 bridgehead atoms. The summed E-state index contributed by atoms with van der Waals surface area (Å²) in [5, 5.41) is 16.0. The fraction of sp³-hybridized carbons (Fsp3) is 0.381. The molecule has 1 aliphatic carbocycles. The molecule has 2 heteroatoms. The number of phenols is 1. The van der Waals surface area contributed by atoms with E-state index in [9.17, 15) is 9.90 Å². The van der Waals surface area contributed by atoms with Crippen molar-refractivity contribution in [2.45, 2.75) is 93.9 Å². The molecule has 0 heterocycles. The molecule has 0 spiro atoms. The van der Waals surface area contributed by atoms with Crippen LogP contribution < -0.4 is 0 Å². The van der Waals surface area contributed by atoms with Crippen LogP contribution in [0.5, 0.6) is 5.75 Å². The number of ketones is 1. The number of carbonyl (C=O) groups excluding carboxylic acids is 1. The van der Waals surface area contributed by atoms with E-state index in [1.165, 1.54) is 21.5 Å². The van der Waals surface area contributed by atoms with Gasteiger partial charge >= 0.3 is 0 Å². The van der Waals surface area contributed by atoms with E-state index in [-0.39, 0.29) is 27.4 Å². The minimum atomic E-state index is -0.246. The van der Waals surface area contributed by atoms with Gasteiger partial charge in [-0.25, -0.2) is 0 Å². The molecule has 1 N–H and O–H groups in total. The van der Waals surface area contributed by atoms with Crippen LogP contribution in [0.2, 0.25) is 0 Å². The molecule has 1 aliphatic rings. The average molecular weight is 586 g/mol. The fourth-order valence-electron chi connectivity index (χ4n) is 6.21. The van der Waals surface area contributed by atoms with Gasteiger partial charge in [0.05, 0.1) is 17.7 Å². The molecule has 0 aromatic heterocycles. The van der Waals surface area contributed by atoms with Crippen LogP contribution in [0.15, 0.2) is 78.4 Å². The molecule has 0 unspecified atom stereocenters. The molecule has 228 valence electrons. The van der Waals surface area contributed by atoms with Crippen LogP contribution in [0.4, 0.5) is 0 Å². The van der Waals surface area contributed by atoms with E-state index in [0.29, 0.717) is 5.75 Å². The van der Waals surface area contributed by atoms with E-state index in [4.69, 9.17) is 0 Å². The highest BCUT2D eigenvalue weighted by Gasteiger charge is 2.45. The third-order valence-corrected chi connectivity index (χ3v) is 8.89. The van der Waals surface area contributed by atoms with Crippen molar-refractivity contribution in [3.8, 4) is 16.9 Å². The summed E-state index contributed by atoms with van der Waals surface area (Å²) in [4.78, 5) is 13.5. The maximum Gasteiger partial charge on any atom is 0.291 e. The molecule has 0 atom stereocenters. The minimum Gasteiger partial charge on any atom is -0.507 e. The monoisotopic (exact) mass is 585 g/mol. The van der Waals surface area contributed by atoms with Gasteiger partial charge in [-0.2, -0.15) is 0 Å². The van der Waals surface area contributed by atoms with Crippen LogP contribution in [-0.2, 0) is 15.6 Å². The highest BCUT2D eigenvalue weighted by molar-refractivity contribution is 6.14. The summed E-state index contributed by atoms with van der Waals surface area (Å²) in [6, 6.07) is 22.2. The summed E-state index contributed by atoms with van der Waals surface area (Å²) in [5.41, 5.74) is 6.40. The van der Waals surface area contributed by atoms with Crippen LogP contribution in [-0.4, -0.2) is 10.9 Å². The summed E-state index contributed by atoms with van der Waals surface area (Å²) in [6.07, 6.45) is 4.20. The molecular weight excluding hydrogens is 536 g/mol.